The molecule has 2 aromatic heterocycles. The number of alkyl halides is 2. The van der Waals surface area contributed by atoms with Crippen LogP contribution in [0.15, 0.2) is 12.1 Å². The summed E-state index contributed by atoms with van der Waals surface area (Å²) in [5, 5.41) is 9.37. The van der Waals surface area contributed by atoms with Gasteiger partial charge in [0.05, 0.1) is 11.3 Å². The summed E-state index contributed by atoms with van der Waals surface area (Å²) in [4.78, 5) is 16.2. The van der Waals surface area contributed by atoms with E-state index in [9.17, 15) is 18.7 Å². The van der Waals surface area contributed by atoms with Gasteiger partial charge in [-0.05, 0) is 65.0 Å². The summed E-state index contributed by atoms with van der Waals surface area (Å²) >= 11 is 0. The van der Waals surface area contributed by atoms with E-state index in [1.54, 1.807) is 12.1 Å². The molecule has 3 rings (SSSR count). The van der Waals surface area contributed by atoms with Gasteiger partial charge < -0.3 is 14.2 Å². The second-order valence-electron chi connectivity index (χ2n) is 8.24. The third-order valence-electron chi connectivity index (χ3n) is 5.64. The maximum Gasteiger partial charge on any atom is 0.335 e. The van der Waals surface area contributed by atoms with E-state index in [0.29, 0.717) is 31.5 Å². The molecule has 0 amide bonds. The molecule has 0 radical (unpaired) electrons. The topological polar surface area (TPSA) is 63.8 Å². The average Bonchev–Trinajstić information content (AvgIpc) is 2.96. The number of fused-ring (bicyclic) bond motifs is 1. The maximum absolute atomic E-state index is 13.6. The van der Waals surface area contributed by atoms with E-state index >= 15 is 0 Å². The van der Waals surface area contributed by atoms with Crippen molar-refractivity contribution in [2.45, 2.75) is 71.3 Å². The Morgan fingerprint density at radius 2 is 2.00 bits per heavy atom. The Labute approximate surface area is 163 Å². The Bertz CT molecular complexity index is 879. The number of aromatic nitrogens is 2. The van der Waals surface area contributed by atoms with Gasteiger partial charge in [-0.2, -0.15) is 0 Å². The van der Waals surface area contributed by atoms with Crippen molar-refractivity contribution in [1.29, 1.82) is 0 Å². The summed E-state index contributed by atoms with van der Waals surface area (Å²) in [6.07, 6.45) is 1.40. The maximum atomic E-state index is 13.6. The molecule has 1 saturated carbocycles. The average molecular weight is 394 g/mol. The van der Waals surface area contributed by atoms with Gasteiger partial charge in [-0.15, -0.1) is 0 Å². The highest BCUT2D eigenvalue weighted by molar-refractivity contribution is 5.89. The van der Waals surface area contributed by atoms with Crippen molar-refractivity contribution in [2.75, 3.05) is 6.61 Å². The van der Waals surface area contributed by atoms with Gasteiger partial charge in [0.1, 0.15) is 11.2 Å². The first-order valence-corrected chi connectivity index (χ1v) is 9.81. The molecule has 1 aliphatic rings. The molecule has 0 bridgehead atoms. The lowest BCUT2D eigenvalue weighted by Crippen LogP contribution is -2.28. The molecular formula is C21H28F2N2O3. The Kier molecular flexibility index (Phi) is 5.49. The van der Waals surface area contributed by atoms with E-state index in [1.165, 1.54) is 0 Å². The van der Waals surface area contributed by atoms with Gasteiger partial charge in [0, 0.05) is 30.8 Å². The lowest BCUT2D eigenvalue weighted by atomic mass is 9.83. The molecule has 0 aromatic carbocycles. The van der Waals surface area contributed by atoms with E-state index in [4.69, 9.17) is 9.72 Å². The van der Waals surface area contributed by atoms with Crippen LogP contribution in [0.5, 0.6) is 0 Å². The molecule has 1 fully saturated rings. The zero-order valence-electron chi connectivity index (χ0n) is 16.9. The van der Waals surface area contributed by atoms with Gasteiger partial charge in [0.15, 0.2) is 0 Å². The number of ether oxygens (including phenoxy) is 1. The van der Waals surface area contributed by atoms with Gasteiger partial charge in [-0.3, -0.25) is 0 Å². The summed E-state index contributed by atoms with van der Waals surface area (Å²) in [5.41, 5.74) is 2.51. The summed E-state index contributed by atoms with van der Waals surface area (Å²) in [5.74, 6) is -3.42. The van der Waals surface area contributed by atoms with Crippen molar-refractivity contribution >= 4 is 11.6 Å². The quantitative estimate of drug-likeness (QED) is 0.750. The SMILES string of the molecule is CCOC(C)(C)c1nc2cc(C(=O)O)cc(C)n2c1CC1CCC(F)(F)CC1. The fourth-order valence-electron chi connectivity index (χ4n) is 4.23. The highest BCUT2D eigenvalue weighted by Crippen LogP contribution is 2.39. The normalized spacial score (nSPS) is 17.9. The molecule has 0 atom stereocenters. The molecule has 5 nitrogen and oxygen atoms in total. The molecule has 154 valence electrons. The second kappa shape index (κ2) is 7.43. The molecule has 2 aromatic rings. The standard InChI is InChI=1S/C21H28F2N2O3/c1-5-28-20(3,4)18-16(11-14-6-8-21(22,23)9-7-14)25-13(2)10-15(19(26)27)12-17(25)24-18/h10,12,14H,5-9,11H2,1-4H3,(H,26,27). The molecule has 0 unspecified atom stereocenters. The number of pyridine rings is 1. The number of hydrogen-bond acceptors (Lipinski definition) is 3. The van der Waals surface area contributed by atoms with Crippen molar-refractivity contribution in [3.8, 4) is 0 Å². The van der Waals surface area contributed by atoms with Crippen molar-refractivity contribution < 1.29 is 23.4 Å². The molecule has 1 aliphatic carbocycles. The number of imidazole rings is 1. The van der Waals surface area contributed by atoms with Crippen molar-refractivity contribution in [2.24, 2.45) is 5.92 Å². The minimum atomic E-state index is -2.56. The summed E-state index contributed by atoms with van der Waals surface area (Å²) in [6.45, 7) is 8.13. The lowest BCUT2D eigenvalue weighted by Gasteiger charge is -2.30. The molecule has 0 spiro atoms. The van der Waals surface area contributed by atoms with Crippen molar-refractivity contribution in [3.63, 3.8) is 0 Å². The number of nitrogens with zero attached hydrogens (tertiary/aromatic N) is 2. The largest absolute Gasteiger partial charge is 0.478 e. The molecule has 1 N–H and O–H groups in total. The number of carboxylic acids is 1. The number of rotatable bonds is 6. The summed E-state index contributed by atoms with van der Waals surface area (Å²) in [7, 11) is 0. The van der Waals surface area contributed by atoms with E-state index in [2.05, 4.69) is 0 Å². The predicted molar refractivity (Wildman–Crippen MR) is 102 cm³/mol. The van der Waals surface area contributed by atoms with Crippen LogP contribution in [0.25, 0.3) is 5.65 Å². The molecule has 0 aliphatic heterocycles. The van der Waals surface area contributed by atoms with Crippen molar-refractivity contribution in [1.82, 2.24) is 9.38 Å². The van der Waals surface area contributed by atoms with Crippen molar-refractivity contribution in [3.05, 3.63) is 34.8 Å². The predicted octanol–water partition coefficient (Wildman–Crippen LogP) is 4.98. The number of aryl methyl sites for hydroxylation is 1. The Hall–Kier alpha value is -2.02. The minimum Gasteiger partial charge on any atom is -0.478 e. The molecule has 0 saturated heterocycles. The van der Waals surface area contributed by atoms with E-state index in [-0.39, 0.29) is 24.3 Å². The fraction of sp³-hybridized carbons (Fsp3) is 0.619. The number of aromatic carboxylic acids is 1. The fourth-order valence-corrected chi connectivity index (χ4v) is 4.23. The smallest absolute Gasteiger partial charge is 0.335 e. The highest BCUT2D eigenvalue weighted by atomic mass is 19.3. The van der Waals surface area contributed by atoms with Crippen LogP contribution in [-0.4, -0.2) is 33.0 Å². The van der Waals surface area contributed by atoms with Gasteiger partial charge >= 0.3 is 5.97 Å². The zero-order chi connectivity index (χ0) is 20.7. The van der Waals surface area contributed by atoms with Crippen LogP contribution < -0.4 is 0 Å². The number of halogens is 2. The van der Waals surface area contributed by atoms with Crippen LogP contribution >= 0.6 is 0 Å². The minimum absolute atomic E-state index is 0.0826. The van der Waals surface area contributed by atoms with Crippen LogP contribution in [0.3, 0.4) is 0 Å². The first-order valence-electron chi connectivity index (χ1n) is 9.81. The van der Waals surface area contributed by atoms with Crippen LogP contribution in [0.1, 0.15) is 73.9 Å². The van der Waals surface area contributed by atoms with Crippen LogP contribution in [-0.2, 0) is 16.8 Å². The van der Waals surface area contributed by atoms with Gasteiger partial charge in [0.2, 0.25) is 5.92 Å². The molecule has 2 heterocycles. The Balaban J connectivity index is 2.08. The molecular weight excluding hydrogens is 366 g/mol. The highest BCUT2D eigenvalue weighted by Gasteiger charge is 2.37. The van der Waals surface area contributed by atoms with Gasteiger partial charge in [-0.1, -0.05) is 0 Å². The van der Waals surface area contributed by atoms with Crippen LogP contribution in [0, 0.1) is 12.8 Å². The summed E-state index contributed by atoms with van der Waals surface area (Å²) in [6, 6.07) is 3.17. The Morgan fingerprint density at radius 1 is 1.36 bits per heavy atom. The first kappa shape index (κ1) is 20.7. The number of hydrogen-bond donors (Lipinski definition) is 1. The Morgan fingerprint density at radius 3 is 2.57 bits per heavy atom. The van der Waals surface area contributed by atoms with Gasteiger partial charge in [0.25, 0.3) is 0 Å². The van der Waals surface area contributed by atoms with Gasteiger partial charge in [-0.25, -0.2) is 18.6 Å². The summed E-state index contributed by atoms with van der Waals surface area (Å²) < 4.78 is 35.0. The first-order chi connectivity index (χ1) is 13.0. The third-order valence-corrected chi connectivity index (χ3v) is 5.64. The zero-order valence-corrected chi connectivity index (χ0v) is 16.9. The molecule has 7 heteroatoms. The van der Waals surface area contributed by atoms with E-state index in [0.717, 1.165) is 17.1 Å². The van der Waals surface area contributed by atoms with E-state index in [1.807, 2.05) is 32.1 Å². The van der Waals surface area contributed by atoms with E-state index < -0.39 is 17.5 Å². The number of carbonyl (C=O) groups is 1. The lowest BCUT2D eigenvalue weighted by molar-refractivity contribution is -0.0462. The van der Waals surface area contributed by atoms with Crippen LogP contribution in [0.2, 0.25) is 0 Å². The number of carboxylic acid groups (broad SMARTS) is 1. The van der Waals surface area contributed by atoms with Crippen LogP contribution in [0.4, 0.5) is 8.78 Å². The second-order valence-corrected chi connectivity index (χ2v) is 8.24. The molecule has 28 heavy (non-hydrogen) atoms. The third kappa shape index (κ3) is 4.04. The monoisotopic (exact) mass is 394 g/mol.